The van der Waals surface area contributed by atoms with E-state index in [2.05, 4.69) is 4.74 Å². The van der Waals surface area contributed by atoms with E-state index in [9.17, 15) is 35.5 Å². The maximum atomic E-state index is 12.6. The molecule has 1 unspecified atom stereocenters. The maximum absolute atomic E-state index is 12.6. The highest BCUT2D eigenvalue weighted by Gasteiger charge is 2.61. The monoisotopic (exact) mass is 256 g/mol. The number of carbonyl (C=O) groups is 1. The number of hydrogen-bond donors (Lipinski definition) is 0. The summed E-state index contributed by atoms with van der Waals surface area (Å²) in [4.78, 5) is 10.3. The van der Waals surface area contributed by atoms with Gasteiger partial charge >= 0.3 is 24.4 Å². The molecule has 0 heterocycles. The predicted molar refractivity (Wildman–Crippen MR) is 37.2 cm³/mol. The molecule has 0 aromatic rings. The molecular weight excluding hydrogens is 249 g/mol. The largest absolute Gasteiger partial charge is 0.403 e. The van der Waals surface area contributed by atoms with Crippen LogP contribution in [-0.4, -0.2) is 30.6 Å². The van der Waals surface area contributed by atoms with Gasteiger partial charge in [0, 0.05) is 0 Å². The quantitative estimate of drug-likeness (QED) is 0.558. The van der Waals surface area contributed by atoms with Crippen molar-refractivity contribution in [3.05, 3.63) is 0 Å². The van der Waals surface area contributed by atoms with Crippen LogP contribution < -0.4 is 0 Å². The van der Waals surface area contributed by atoms with E-state index < -0.39 is 37.0 Å². The summed E-state index contributed by atoms with van der Waals surface area (Å²) in [7, 11) is 0. The summed E-state index contributed by atoms with van der Waals surface area (Å²) in [6.07, 6.45) is -5.56. The van der Waals surface area contributed by atoms with Crippen LogP contribution in [0.2, 0.25) is 0 Å². The molecule has 1 atom stereocenters. The van der Waals surface area contributed by atoms with Gasteiger partial charge in [-0.15, -0.1) is 0 Å². The van der Waals surface area contributed by atoms with Crippen molar-refractivity contribution in [2.75, 3.05) is 0 Å². The normalized spacial score (nSPS) is 15.1. The highest BCUT2D eigenvalue weighted by atomic mass is 19.3. The van der Waals surface area contributed by atoms with Crippen molar-refractivity contribution in [3.63, 3.8) is 0 Å². The second-order valence-electron chi connectivity index (χ2n) is 2.87. The molecule has 0 aromatic heterocycles. The van der Waals surface area contributed by atoms with Crippen LogP contribution in [0, 0.1) is 0 Å². The van der Waals surface area contributed by atoms with Gasteiger partial charge in [-0.2, -0.15) is 26.3 Å². The lowest BCUT2D eigenvalue weighted by Crippen LogP contribution is -2.48. The van der Waals surface area contributed by atoms with Gasteiger partial charge in [-0.1, -0.05) is 0 Å². The van der Waals surface area contributed by atoms with E-state index in [0.29, 0.717) is 0 Å². The van der Waals surface area contributed by atoms with Gasteiger partial charge in [-0.25, -0.2) is 4.39 Å². The minimum Gasteiger partial charge on any atom is -0.403 e. The topological polar surface area (TPSA) is 26.3 Å². The van der Waals surface area contributed by atoms with Gasteiger partial charge in [0.25, 0.3) is 0 Å². The van der Waals surface area contributed by atoms with Crippen molar-refractivity contribution in [1.29, 1.82) is 0 Å². The Morgan fingerprint density at radius 1 is 1.19 bits per heavy atom. The van der Waals surface area contributed by atoms with E-state index in [1.54, 1.807) is 0 Å². The standard InChI is InChI=1S/C7H7F7O2/c1-3(8)7(13,14)6(11,12)2-4(15)16-5(9)10/h3,5H,2H2,1H3. The summed E-state index contributed by atoms with van der Waals surface area (Å²) in [5, 5.41) is 0. The van der Waals surface area contributed by atoms with Crippen molar-refractivity contribution in [2.45, 2.75) is 38.0 Å². The Hall–Kier alpha value is -1.02. The predicted octanol–water partition coefficient (Wildman–Crippen LogP) is 2.77. The van der Waals surface area contributed by atoms with Crippen molar-refractivity contribution in [1.82, 2.24) is 0 Å². The molecule has 0 fully saturated rings. The summed E-state index contributed by atoms with van der Waals surface area (Å²) < 4.78 is 88.1. The number of hydrogen-bond acceptors (Lipinski definition) is 2. The molecule has 0 aliphatic carbocycles. The van der Waals surface area contributed by atoms with Gasteiger partial charge in [-0.05, 0) is 6.92 Å². The Morgan fingerprint density at radius 3 is 1.94 bits per heavy atom. The summed E-state index contributed by atoms with van der Waals surface area (Å²) in [5.74, 6) is -12.5. The van der Waals surface area contributed by atoms with Crippen LogP contribution >= 0.6 is 0 Å². The fraction of sp³-hybridized carbons (Fsp3) is 0.857. The molecule has 0 radical (unpaired) electrons. The van der Waals surface area contributed by atoms with Gasteiger partial charge in [0.15, 0.2) is 6.17 Å². The average Bonchev–Trinajstić information content (AvgIpc) is 1.99. The number of halogens is 7. The number of ether oxygens (including phenoxy) is 1. The SMILES string of the molecule is CC(F)C(F)(F)C(F)(F)CC(=O)OC(F)F. The fourth-order valence-electron chi connectivity index (χ4n) is 0.731. The molecule has 0 rings (SSSR count). The lowest BCUT2D eigenvalue weighted by molar-refractivity contribution is -0.244. The van der Waals surface area contributed by atoms with Crippen LogP contribution in [0.5, 0.6) is 0 Å². The van der Waals surface area contributed by atoms with Crippen molar-refractivity contribution in [2.24, 2.45) is 0 Å². The summed E-state index contributed by atoms with van der Waals surface area (Å²) in [5.41, 5.74) is 0. The molecule has 0 aliphatic heterocycles. The minimum atomic E-state index is -5.13. The Morgan fingerprint density at radius 2 is 1.62 bits per heavy atom. The Kier molecular flexibility index (Phi) is 4.56. The first-order valence-corrected chi connectivity index (χ1v) is 3.88. The summed E-state index contributed by atoms with van der Waals surface area (Å²) in [6, 6.07) is 0. The van der Waals surface area contributed by atoms with Gasteiger partial charge in [0.2, 0.25) is 0 Å². The molecule has 0 aromatic carbocycles. The van der Waals surface area contributed by atoms with Gasteiger partial charge in [-0.3, -0.25) is 4.79 Å². The highest BCUT2D eigenvalue weighted by molar-refractivity contribution is 5.70. The third-order valence-electron chi connectivity index (χ3n) is 1.57. The Bertz CT molecular complexity index is 251. The zero-order chi connectivity index (χ0) is 13.1. The number of carbonyl (C=O) groups excluding carboxylic acids is 1. The van der Waals surface area contributed by atoms with E-state index >= 15 is 0 Å². The van der Waals surface area contributed by atoms with E-state index in [1.165, 1.54) is 0 Å². The second-order valence-corrected chi connectivity index (χ2v) is 2.87. The third-order valence-corrected chi connectivity index (χ3v) is 1.57. The minimum absolute atomic E-state index is 0.159. The lowest BCUT2D eigenvalue weighted by atomic mass is 10.1. The van der Waals surface area contributed by atoms with E-state index in [0.717, 1.165) is 0 Å². The van der Waals surface area contributed by atoms with E-state index in [4.69, 9.17) is 0 Å². The molecule has 0 spiro atoms. The smallest absolute Gasteiger partial charge is 0.389 e. The molecule has 96 valence electrons. The van der Waals surface area contributed by atoms with E-state index in [1.807, 2.05) is 0 Å². The average molecular weight is 256 g/mol. The van der Waals surface area contributed by atoms with Crippen LogP contribution in [0.15, 0.2) is 0 Å². The van der Waals surface area contributed by atoms with Crippen LogP contribution in [0.4, 0.5) is 30.7 Å². The Balaban J connectivity index is 4.62. The first-order chi connectivity index (χ1) is 7.00. The lowest BCUT2D eigenvalue weighted by Gasteiger charge is -2.26. The van der Waals surface area contributed by atoms with Gasteiger partial charge < -0.3 is 4.74 Å². The first-order valence-electron chi connectivity index (χ1n) is 3.88. The number of rotatable bonds is 5. The third kappa shape index (κ3) is 3.53. The number of esters is 1. The number of alkyl halides is 7. The molecule has 0 N–H and O–H groups in total. The van der Waals surface area contributed by atoms with Crippen molar-refractivity contribution >= 4 is 5.97 Å². The highest BCUT2D eigenvalue weighted by Crippen LogP contribution is 2.40. The zero-order valence-electron chi connectivity index (χ0n) is 7.82. The first kappa shape index (κ1) is 15.0. The molecule has 0 bridgehead atoms. The van der Waals surface area contributed by atoms with Crippen LogP contribution in [0.25, 0.3) is 0 Å². The van der Waals surface area contributed by atoms with Crippen LogP contribution in [-0.2, 0) is 9.53 Å². The molecule has 9 heteroatoms. The second kappa shape index (κ2) is 4.88. The summed E-state index contributed by atoms with van der Waals surface area (Å²) >= 11 is 0. The fourth-order valence-corrected chi connectivity index (χ4v) is 0.731. The molecule has 16 heavy (non-hydrogen) atoms. The molecule has 0 saturated heterocycles. The molecular formula is C7H7F7O2. The zero-order valence-corrected chi connectivity index (χ0v) is 7.82. The van der Waals surface area contributed by atoms with Crippen molar-refractivity contribution in [3.8, 4) is 0 Å². The van der Waals surface area contributed by atoms with Gasteiger partial charge in [0.1, 0.15) is 6.42 Å². The molecule has 0 aliphatic rings. The summed E-state index contributed by atoms with van der Waals surface area (Å²) in [6.45, 7) is -3.54. The van der Waals surface area contributed by atoms with Crippen LogP contribution in [0.3, 0.4) is 0 Å². The molecule has 0 saturated carbocycles. The molecule has 0 amide bonds. The van der Waals surface area contributed by atoms with Crippen molar-refractivity contribution < 1.29 is 40.3 Å². The van der Waals surface area contributed by atoms with E-state index in [-0.39, 0.29) is 6.92 Å². The van der Waals surface area contributed by atoms with Gasteiger partial charge in [0.05, 0.1) is 0 Å². The molecule has 2 nitrogen and oxygen atoms in total. The van der Waals surface area contributed by atoms with Crippen LogP contribution in [0.1, 0.15) is 13.3 Å². The maximum Gasteiger partial charge on any atom is 0.389 e. The Labute approximate surface area is 85.4 Å².